The third-order valence-electron chi connectivity index (χ3n) is 12.4. The van der Waals surface area contributed by atoms with Crippen molar-refractivity contribution in [2.75, 3.05) is 0 Å². The van der Waals surface area contributed by atoms with Crippen LogP contribution in [0, 0.1) is 13.8 Å². The summed E-state index contributed by atoms with van der Waals surface area (Å²) in [6.45, 7) is 4.45. The van der Waals surface area contributed by atoms with Gasteiger partial charge in [0.1, 0.15) is 0 Å². The minimum atomic E-state index is 0.949. The first-order valence-electron chi connectivity index (χ1n) is 20.3. The summed E-state index contributed by atoms with van der Waals surface area (Å²) in [7, 11) is 0. The number of para-hydroxylation sites is 4. The van der Waals surface area contributed by atoms with Crippen LogP contribution in [0.5, 0.6) is 0 Å². The van der Waals surface area contributed by atoms with E-state index in [1.807, 2.05) is 0 Å². The van der Waals surface area contributed by atoms with Crippen molar-refractivity contribution in [2.45, 2.75) is 39.5 Å². The van der Waals surface area contributed by atoms with Crippen LogP contribution in [0.3, 0.4) is 0 Å². The molecule has 12 rings (SSSR count). The van der Waals surface area contributed by atoms with Crippen LogP contribution >= 0.6 is 0 Å². The molecule has 4 heteroatoms. The number of pyridine rings is 4. The molecule has 0 radical (unpaired) electrons. The molecule has 4 aromatic heterocycles. The van der Waals surface area contributed by atoms with E-state index in [-0.39, 0.29) is 0 Å². The highest BCUT2D eigenvalue weighted by Crippen LogP contribution is 2.45. The van der Waals surface area contributed by atoms with Crippen molar-refractivity contribution in [1.29, 1.82) is 0 Å². The quantitative estimate of drug-likeness (QED) is 0.177. The van der Waals surface area contributed by atoms with Gasteiger partial charge in [-0.25, -0.2) is 19.9 Å². The Balaban J connectivity index is 0.000000141. The van der Waals surface area contributed by atoms with Crippen molar-refractivity contribution in [3.63, 3.8) is 0 Å². The van der Waals surface area contributed by atoms with Gasteiger partial charge in [0.05, 0.1) is 44.8 Å². The van der Waals surface area contributed by atoms with Crippen LogP contribution < -0.4 is 0 Å². The van der Waals surface area contributed by atoms with E-state index in [0.29, 0.717) is 0 Å². The minimum Gasteiger partial charge on any atom is -0.246 e. The number of rotatable bonds is 2. The van der Waals surface area contributed by atoms with Crippen molar-refractivity contribution in [2.24, 2.45) is 0 Å². The molecule has 4 heterocycles. The van der Waals surface area contributed by atoms with Crippen molar-refractivity contribution >= 4 is 43.6 Å². The SMILES string of the molecule is Cc1c2c(nc3ccccc13)-c1nc3ccccc3c(C)c1CC2.c1ccc(-c2c3c(nc4ccccc24)-c2nc4ccccc4c(-c4ccccc4)c2CC3)cc1. The second kappa shape index (κ2) is 13.9. The standard InChI is InChI=1S/C32H22N2.C22H18N2/c1-3-11-21(12-4-1)29-23-15-7-9-17-27(23)33-31-25(29)19-20-26-30(22-13-5-2-6-14-22)24-16-8-10-18-28(24)34-32(26)31;1-13-15-7-3-5-9-19(15)23-21-17(13)11-12-18-14(2)16-8-4-6-10-20(16)24-22(18)21/h1-18H,19-20H2;3-10H,11-12H2,1-2H3. The van der Waals surface area contributed by atoms with Gasteiger partial charge in [0, 0.05) is 21.5 Å². The molecular weight excluding hydrogens is 705 g/mol. The van der Waals surface area contributed by atoms with Crippen molar-refractivity contribution in [3.8, 4) is 45.0 Å². The lowest BCUT2D eigenvalue weighted by Crippen LogP contribution is -2.12. The number of aryl methyl sites for hydroxylation is 2. The second-order valence-corrected chi connectivity index (χ2v) is 15.6. The van der Waals surface area contributed by atoms with Crippen LogP contribution in [0.2, 0.25) is 0 Å². The third kappa shape index (κ3) is 5.51. The van der Waals surface area contributed by atoms with E-state index < -0.39 is 0 Å². The average molecular weight is 745 g/mol. The number of benzene rings is 6. The Kier molecular flexibility index (Phi) is 8.18. The monoisotopic (exact) mass is 744 g/mol. The molecular formula is C54H40N4. The normalized spacial score (nSPS) is 12.7. The van der Waals surface area contributed by atoms with Gasteiger partial charge in [-0.2, -0.15) is 0 Å². The number of nitrogens with zero attached hydrogens (tertiary/aromatic N) is 4. The van der Waals surface area contributed by atoms with E-state index in [0.717, 1.165) is 70.5 Å². The van der Waals surface area contributed by atoms with E-state index in [2.05, 4.69) is 172 Å². The van der Waals surface area contributed by atoms with Gasteiger partial charge in [-0.1, -0.05) is 133 Å². The molecule has 2 aliphatic carbocycles. The van der Waals surface area contributed by atoms with Crippen molar-refractivity contribution in [3.05, 3.63) is 191 Å². The molecule has 0 N–H and O–H groups in total. The van der Waals surface area contributed by atoms with Crippen LogP contribution in [-0.2, 0) is 25.7 Å². The van der Waals surface area contributed by atoms with E-state index in [4.69, 9.17) is 19.9 Å². The van der Waals surface area contributed by atoms with Crippen molar-refractivity contribution in [1.82, 2.24) is 19.9 Å². The first kappa shape index (κ1) is 34.2. The molecule has 0 unspecified atom stereocenters. The largest absolute Gasteiger partial charge is 0.246 e. The molecule has 0 saturated carbocycles. The molecule has 0 saturated heterocycles. The van der Waals surface area contributed by atoms with Gasteiger partial charge in [-0.3, -0.25) is 0 Å². The Bertz CT molecular complexity index is 3020. The first-order valence-corrected chi connectivity index (χ1v) is 20.3. The van der Waals surface area contributed by atoms with E-state index in [1.54, 1.807) is 0 Å². The Labute approximate surface area is 338 Å². The molecule has 0 fully saturated rings. The van der Waals surface area contributed by atoms with Gasteiger partial charge in [0.15, 0.2) is 0 Å². The van der Waals surface area contributed by atoms with Crippen LogP contribution in [0.1, 0.15) is 33.4 Å². The number of fused-ring (bicyclic) bond motifs is 10. The van der Waals surface area contributed by atoms with Crippen molar-refractivity contribution < 1.29 is 0 Å². The van der Waals surface area contributed by atoms with E-state index in [1.165, 1.54) is 77.2 Å². The summed E-state index contributed by atoms with van der Waals surface area (Å²) in [6, 6.07) is 55.3. The Hall–Kier alpha value is -7.04. The third-order valence-corrected chi connectivity index (χ3v) is 12.4. The molecule has 0 amide bonds. The topological polar surface area (TPSA) is 51.6 Å². The van der Waals surface area contributed by atoms with Crippen LogP contribution in [-0.4, -0.2) is 19.9 Å². The van der Waals surface area contributed by atoms with Gasteiger partial charge in [0.25, 0.3) is 0 Å². The molecule has 58 heavy (non-hydrogen) atoms. The lowest BCUT2D eigenvalue weighted by molar-refractivity contribution is 0.904. The molecule has 10 aromatic rings. The highest BCUT2D eigenvalue weighted by atomic mass is 14.8. The van der Waals surface area contributed by atoms with Gasteiger partial charge < -0.3 is 0 Å². The second-order valence-electron chi connectivity index (χ2n) is 15.6. The number of hydrogen-bond acceptors (Lipinski definition) is 4. The fraction of sp³-hybridized carbons (Fsp3) is 0.111. The maximum absolute atomic E-state index is 5.22. The molecule has 0 atom stereocenters. The maximum atomic E-state index is 5.22. The molecule has 0 bridgehead atoms. The average Bonchev–Trinajstić information content (AvgIpc) is 3.28. The van der Waals surface area contributed by atoms with Gasteiger partial charge in [0.2, 0.25) is 0 Å². The Morgan fingerprint density at radius 2 is 0.569 bits per heavy atom. The van der Waals surface area contributed by atoms with Gasteiger partial charge in [-0.05, 0) is 119 Å². The summed E-state index contributed by atoms with van der Waals surface area (Å²) in [5, 5.41) is 4.94. The summed E-state index contributed by atoms with van der Waals surface area (Å²) < 4.78 is 0. The number of aromatic nitrogens is 4. The lowest BCUT2D eigenvalue weighted by Gasteiger charge is -2.26. The summed E-state index contributed by atoms with van der Waals surface area (Å²) >= 11 is 0. The number of hydrogen-bond donors (Lipinski definition) is 0. The molecule has 0 aliphatic heterocycles. The zero-order valence-corrected chi connectivity index (χ0v) is 32.6. The minimum absolute atomic E-state index is 0.949. The van der Waals surface area contributed by atoms with Crippen LogP contribution in [0.4, 0.5) is 0 Å². The predicted octanol–water partition coefficient (Wildman–Crippen LogP) is 13.0. The lowest BCUT2D eigenvalue weighted by atomic mass is 9.82. The van der Waals surface area contributed by atoms with Gasteiger partial charge >= 0.3 is 0 Å². The molecule has 6 aromatic carbocycles. The zero-order chi connectivity index (χ0) is 38.7. The fourth-order valence-corrected chi connectivity index (χ4v) is 9.59. The molecule has 4 nitrogen and oxygen atoms in total. The molecule has 2 aliphatic rings. The highest BCUT2D eigenvalue weighted by molar-refractivity contribution is 6.03. The van der Waals surface area contributed by atoms with E-state index >= 15 is 0 Å². The maximum Gasteiger partial charge on any atom is 0.0935 e. The summed E-state index contributed by atoms with van der Waals surface area (Å²) in [4.78, 5) is 20.5. The van der Waals surface area contributed by atoms with Gasteiger partial charge in [-0.15, -0.1) is 0 Å². The summed E-state index contributed by atoms with van der Waals surface area (Å²) in [5.41, 5.74) is 21.5. The Morgan fingerprint density at radius 1 is 0.293 bits per heavy atom. The zero-order valence-electron chi connectivity index (χ0n) is 32.6. The highest BCUT2D eigenvalue weighted by Gasteiger charge is 2.28. The van der Waals surface area contributed by atoms with Crippen LogP contribution in [0.25, 0.3) is 88.6 Å². The predicted molar refractivity (Wildman–Crippen MR) is 240 cm³/mol. The first-order chi connectivity index (χ1) is 28.6. The molecule has 276 valence electrons. The fourth-order valence-electron chi connectivity index (χ4n) is 9.59. The Morgan fingerprint density at radius 3 is 0.948 bits per heavy atom. The smallest absolute Gasteiger partial charge is 0.0935 e. The molecule has 0 spiro atoms. The van der Waals surface area contributed by atoms with Crippen LogP contribution in [0.15, 0.2) is 158 Å². The summed E-state index contributed by atoms with van der Waals surface area (Å²) in [5.74, 6) is 0. The summed E-state index contributed by atoms with van der Waals surface area (Å²) in [6.07, 6.45) is 3.99. The van der Waals surface area contributed by atoms with E-state index in [9.17, 15) is 0 Å².